The summed E-state index contributed by atoms with van der Waals surface area (Å²) in [6.07, 6.45) is 4.11. The Labute approximate surface area is 198 Å². The predicted octanol–water partition coefficient (Wildman–Crippen LogP) is 5.04. The molecule has 0 radical (unpaired) electrons. The van der Waals surface area contributed by atoms with E-state index in [9.17, 15) is 9.59 Å². The third-order valence-corrected chi connectivity index (χ3v) is 7.17. The van der Waals surface area contributed by atoms with Crippen molar-refractivity contribution in [2.75, 3.05) is 20.3 Å². The molecule has 0 spiro atoms. The van der Waals surface area contributed by atoms with Crippen LogP contribution in [0.15, 0.2) is 45.6 Å². The molecule has 1 aromatic rings. The number of amides is 2. The number of likely N-dealkylation sites (tertiary alicyclic amines) is 1. The lowest BCUT2D eigenvalue weighted by Gasteiger charge is -2.32. The van der Waals surface area contributed by atoms with Crippen molar-refractivity contribution in [3.8, 4) is 0 Å². The maximum atomic E-state index is 13.5. The summed E-state index contributed by atoms with van der Waals surface area (Å²) in [5.74, 6) is 0.950. The monoisotopic (exact) mass is 502 g/mol. The van der Waals surface area contributed by atoms with E-state index >= 15 is 0 Å². The number of carbonyl (C=O) groups excluding carboxylic acids is 2. The van der Waals surface area contributed by atoms with Crippen LogP contribution in [0.4, 0.5) is 4.79 Å². The van der Waals surface area contributed by atoms with Crippen LogP contribution in [0.3, 0.4) is 0 Å². The first-order valence-electron chi connectivity index (χ1n) is 11.4. The van der Waals surface area contributed by atoms with Gasteiger partial charge in [0.1, 0.15) is 11.8 Å². The maximum absolute atomic E-state index is 13.5. The number of nitrogens with zero attached hydrogens (tertiary/aromatic N) is 1. The molecule has 6 nitrogen and oxygen atoms in total. The molecule has 32 heavy (non-hydrogen) atoms. The zero-order valence-corrected chi connectivity index (χ0v) is 20.5. The van der Waals surface area contributed by atoms with Crippen LogP contribution < -0.4 is 5.32 Å². The molecule has 2 amide bonds. The number of allylic oxidation sites excluding steroid dienone is 2. The molecule has 2 heterocycles. The lowest BCUT2D eigenvalue weighted by atomic mass is 9.94. The largest absolute Gasteiger partial charge is 0.493 e. The molecule has 0 aromatic heterocycles. The molecule has 0 bridgehead atoms. The fraction of sp³-hybridized carbons (Fsp3) is 0.520. The highest BCUT2D eigenvalue weighted by Gasteiger charge is 2.41. The number of methoxy groups -OCH3 is 1. The third kappa shape index (κ3) is 4.45. The average Bonchev–Trinajstić information content (AvgIpc) is 3.42. The van der Waals surface area contributed by atoms with Crippen LogP contribution >= 0.6 is 15.9 Å². The van der Waals surface area contributed by atoms with Gasteiger partial charge in [-0.25, -0.2) is 4.79 Å². The summed E-state index contributed by atoms with van der Waals surface area (Å²) in [6, 6.07) is 7.80. The molecule has 7 heteroatoms. The summed E-state index contributed by atoms with van der Waals surface area (Å²) in [4.78, 5) is 27.4. The second-order valence-corrected chi connectivity index (χ2v) is 9.91. The van der Waals surface area contributed by atoms with Gasteiger partial charge in [0, 0.05) is 23.0 Å². The Balaban J connectivity index is 1.61. The van der Waals surface area contributed by atoms with Gasteiger partial charge >= 0.3 is 6.09 Å². The quantitative estimate of drug-likeness (QED) is 0.611. The van der Waals surface area contributed by atoms with E-state index in [0.717, 1.165) is 48.9 Å². The van der Waals surface area contributed by atoms with Crippen molar-refractivity contribution in [3.05, 3.63) is 51.2 Å². The number of carbonyl (C=O) groups is 2. The van der Waals surface area contributed by atoms with Gasteiger partial charge in [0.15, 0.2) is 0 Å². The molecule has 1 aliphatic carbocycles. The summed E-state index contributed by atoms with van der Waals surface area (Å²) in [5.41, 5.74) is 4.97. The Hall–Kier alpha value is -2.28. The fourth-order valence-corrected chi connectivity index (χ4v) is 5.32. The highest BCUT2D eigenvalue weighted by Crippen LogP contribution is 2.46. The van der Waals surface area contributed by atoms with E-state index in [4.69, 9.17) is 9.47 Å². The first-order valence-corrected chi connectivity index (χ1v) is 12.2. The molecule has 2 aliphatic heterocycles. The summed E-state index contributed by atoms with van der Waals surface area (Å²) in [7, 11) is 1.32. The molecule has 2 saturated heterocycles. The van der Waals surface area contributed by atoms with Crippen molar-refractivity contribution in [2.45, 2.75) is 58.0 Å². The van der Waals surface area contributed by atoms with Gasteiger partial charge < -0.3 is 19.7 Å². The van der Waals surface area contributed by atoms with Crippen molar-refractivity contribution in [1.29, 1.82) is 0 Å². The van der Waals surface area contributed by atoms with Crippen molar-refractivity contribution >= 4 is 33.5 Å². The average molecular weight is 503 g/mol. The number of hydrogen-bond acceptors (Lipinski definition) is 4. The molecule has 4 rings (SSSR count). The van der Waals surface area contributed by atoms with Gasteiger partial charge in [-0.2, -0.15) is 0 Å². The number of hydrogen-bond donors (Lipinski definition) is 1. The van der Waals surface area contributed by atoms with E-state index in [2.05, 4.69) is 45.5 Å². The summed E-state index contributed by atoms with van der Waals surface area (Å²) in [6.45, 7) is 5.33. The first kappa shape index (κ1) is 22.9. The predicted molar refractivity (Wildman–Crippen MR) is 127 cm³/mol. The molecule has 1 N–H and O–H groups in total. The molecule has 0 unspecified atom stereocenters. The lowest BCUT2D eigenvalue weighted by Crippen LogP contribution is -2.52. The molecule has 0 saturated carbocycles. The minimum atomic E-state index is -0.601. The van der Waals surface area contributed by atoms with Crippen molar-refractivity contribution < 1.29 is 19.1 Å². The minimum absolute atomic E-state index is 0.0311. The maximum Gasteiger partial charge on any atom is 0.407 e. The van der Waals surface area contributed by atoms with Gasteiger partial charge in [0.25, 0.3) is 0 Å². The Morgan fingerprint density at radius 2 is 1.94 bits per heavy atom. The number of alkyl carbamates (subject to hydrolysis) is 1. The number of benzene rings is 1. The van der Waals surface area contributed by atoms with Crippen molar-refractivity contribution in [1.82, 2.24) is 10.2 Å². The van der Waals surface area contributed by atoms with Crippen LogP contribution in [0, 0.1) is 5.92 Å². The second kappa shape index (κ2) is 9.69. The van der Waals surface area contributed by atoms with Gasteiger partial charge in [-0.1, -0.05) is 41.9 Å². The van der Waals surface area contributed by atoms with E-state index in [0.29, 0.717) is 6.54 Å². The normalized spacial score (nSPS) is 21.5. The number of nitrogens with one attached hydrogen (secondary N) is 1. The van der Waals surface area contributed by atoms with E-state index in [1.807, 2.05) is 18.7 Å². The summed E-state index contributed by atoms with van der Waals surface area (Å²) >= 11 is 3.52. The standard InChI is InChI=1S/C25H31BrN2O4/c1-15(2)22(27-25(30)31-3)24(29)28-12-4-7-21(28)20-14-19(16-8-10-17(26)11-9-16)23-18(20)6-5-13-32-23/h8-11,15,21-22H,4-7,12-14H2,1-3H3,(H,27,30)/t21-,22-/m0/s1. The molecular weight excluding hydrogens is 472 g/mol. The number of rotatable bonds is 5. The molecule has 172 valence electrons. The van der Waals surface area contributed by atoms with E-state index in [1.54, 1.807) is 0 Å². The Bertz CT molecular complexity index is 951. The summed E-state index contributed by atoms with van der Waals surface area (Å²) < 4.78 is 12.0. The van der Waals surface area contributed by atoms with Gasteiger partial charge in [-0.3, -0.25) is 4.79 Å². The third-order valence-electron chi connectivity index (χ3n) is 6.64. The van der Waals surface area contributed by atoms with Crippen molar-refractivity contribution in [3.63, 3.8) is 0 Å². The Kier molecular flexibility index (Phi) is 6.93. The smallest absolute Gasteiger partial charge is 0.407 e. The SMILES string of the molecule is COC(=O)N[C@H](C(=O)N1CCC[C@H]1C1=C2CCCOC2=C(c2ccc(Br)cc2)C1)C(C)C. The highest BCUT2D eigenvalue weighted by molar-refractivity contribution is 9.10. The van der Waals surface area contributed by atoms with Crippen LogP contribution in [0.25, 0.3) is 5.57 Å². The van der Waals surface area contributed by atoms with Gasteiger partial charge in [-0.15, -0.1) is 0 Å². The minimum Gasteiger partial charge on any atom is -0.493 e. The molecule has 1 aromatic carbocycles. The van der Waals surface area contributed by atoms with Crippen LogP contribution in [-0.2, 0) is 14.3 Å². The molecular formula is C25H31BrN2O4. The fourth-order valence-electron chi connectivity index (χ4n) is 5.05. The molecule has 2 atom stereocenters. The second-order valence-electron chi connectivity index (χ2n) is 8.99. The van der Waals surface area contributed by atoms with E-state index in [-0.39, 0.29) is 17.9 Å². The number of fused-ring (bicyclic) bond motifs is 1. The van der Waals surface area contributed by atoms with Crippen LogP contribution in [0.2, 0.25) is 0 Å². The Morgan fingerprint density at radius 1 is 1.19 bits per heavy atom. The lowest BCUT2D eigenvalue weighted by molar-refractivity contribution is -0.134. The van der Waals surface area contributed by atoms with Gasteiger partial charge in [0.2, 0.25) is 5.91 Å². The molecule has 3 aliphatic rings. The zero-order chi connectivity index (χ0) is 22.8. The van der Waals surface area contributed by atoms with Crippen LogP contribution in [0.1, 0.15) is 51.5 Å². The zero-order valence-electron chi connectivity index (χ0n) is 18.9. The van der Waals surface area contributed by atoms with Crippen LogP contribution in [-0.4, -0.2) is 49.2 Å². The first-order chi connectivity index (χ1) is 15.4. The molecule has 2 fully saturated rings. The van der Waals surface area contributed by atoms with E-state index < -0.39 is 12.1 Å². The van der Waals surface area contributed by atoms with Crippen LogP contribution in [0.5, 0.6) is 0 Å². The van der Waals surface area contributed by atoms with Gasteiger partial charge in [-0.05, 0) is 60.4 Å². The number of halogens is 1. The van der Waals surface area contributed by atoms with Crippen molar-refractivity contribution in [2.24, 2.45) is 5.92 Å². The topological polar surface area (TPSA) is 67.9 Å². The van der Waals surface area contributed by atoms with E-state index in [1.165, 1.54) is 29.4 Å². The highest BCUT2D eigenvalue weighted by atomic mass is 79.9. The Morgan fingerprint density at radius 3 is 2.62 bits per heavy atom. The van der Waals surface area contributed by atoms with Gasteiger partial charge in [0.05, 0.1) is 19.8 Å². The number of ether oxygens (including phenoxy) is 2. The summed E-state index contributed by atoms with van der Waals surface area (Å²) in [5, 5.41) is 2.74.